The number of carbonyl (C=O) groups excluding carboxylic acids is 2. The van der Waals surface area contributed by atoms with Gasteiger partial charge >= 0.3 is 0 Å². The lowest BCUT2D eigenvalue weighted by Gasteiger charge is -2.35. The summed E-state index contributed by atoms with van der Waals surface area (Å²) >= 11 is 0. The van der Waals surface area contributed by atoms with Gasteiger partial charge in [-0.3, -0.25) is 19.4 Å². The Hall–Kier alpha value is -5.84. The molecule has 4 aliphatic rings. The molecule has 2 aliphatic carbocycles. The van der Waals surface area contributed by atoms with Crippen LogP contribution in [0.4, 0.5) is 0 Å². The van der Waals surface area contributed by atoms with Gasteiger partial charge in [-0.15, -0.1) is 0 Å². The van der Waals surface area contributed by atoms with Gasteiger partial charge in [-0.2, -0.15) is 0 Å². The number of hydrogen-bond donors (Lipinski definition) is 2. The minimum Gasteiger partial charge on any atom is -0.340 e. The Morgan fingerprint density at radius 3 is 1.27 bits per heavy atom. The average molecular weight is 827 g/mol. The number of carbonyl (C=O) groups is 2. The molecule has 4 heterocycles. The van der Waals surface area contributed by atoms with Crippen LogP contribution in [-0.4, -0.2) is 89.6 Å². The van der Waals surface area contributed by atoms with Crippen molar-refractivity contribution in [1.29, 1.82) is 0 Å². The van der Waals surface area contributed by atoms with Crippen LogP contribution in [-0.2, 0) is 9.59 Å². The van der Waals surface area contributed by atoms with Gasteiger partial charge in [0.1, 0.15) is 23.7 Å². The third-order valence-corrected chi connectivity index (χ3v) is 13.7. The van der Waals surface area contributed by atoms with Crippen LogP contribution >= 0.6 is 0 Å². The zero-order valence-electron chi connectivity index (χ0n) is 36.0. The predicted octanol–water partition coefficient (Wildman–Crippen LogP) is 9.91. The Labute approximate surface area is 365 Å². The molecule has 6 aromatic rings. The molecule has 0 radical (unpaired) electrons. The van der Waals surface area contributed by atoms with E-state index in [0.717, 1.165) is 134 Å². The Bertz CT molecular complexity index is 2280. The van der Waals surface area contributed by atoms with Crippen molar-refractivity contribution in [3.8, 4) is 33.6 Å². The number of aromatic nitrogens is 4. The number of aromatic amines is 2. The smallest absolute Gasteiger partial charge is 0.245 e. The zero-order valence-corrected chi connectivity index (χ0v) is 36.0. The molecule has 318 valence electrons. The van der Waals surface area contributed by atoms with Gasteiger partial charge in [0.2, 0.25) is 11.8 Å². The van der Waals surface area contributed by atoms with Crippen molar-refractivity contribution in [3.05, 3.63) is 144 Å². The van der Waals surface area contributed by atoms with Crippen LogP contribution in [0.2, 0.25) is 0 Å². The van der Waals surface area contributed by atoms with Crippen LogP contribution in [0.15, 0.2) is 122 Å². The fourth-order valence-corrected chi connectivity index (χ4v) is 10.3. The highest BCUT2D eigenvalue weighted by atomic mass is 16.2. The topological polar surface area (TPSA) is 104 Å². The molecule has 4 atom stereocenters. The third-order valence-electron chi connectivity index (χ3n) is 13.7. The Balaban J connectivity index is 0.809. The summed E-state index contributed by atoms with van der Waals surface area (Å²) in [5, 5.41) is 0. The van der Waals surface area contributed by atoms with E-state index in [2.05, 4.69) is 116 Å². The molecule has 2 unspecified atom stereocenters. The SMILES string of the molecule is CCN(C1CC1)[C@@H](C(=O)N1CCCC1c1ncc(-c2ccc(-c3ccc(-c4cnc(C5CCCN5C(=O)[C@@H](c5ccccc5)N(CC)C5CC5)[nH]4)cc3)cc2)[nH]1)c1ccccc1. The lowest BCUT2D eigenvalue weighted by molar-refractivity contribution is -0.139. The second-order valence-corrected chi connectivity index (χ2v) is 17.6. The van der Waals surface area contributed by atoms with E-state index in [1.807, 2.05) is 48.8 Å². The largest absolute Gasteiger partial charge is 0.340 e. The Morgan fingerprint density at radius 2 is 0.919 bits per heavy atom. The number of H-pyrrole nitrogens is 2. The number of nitrogens with one attached hydrogen (secondary N) is 2. The van der Waals surface area contributed by atoms with Crippen LogP contribution in [0.25, 0.3) is 33.6 Å². The van der Waals surface area contributed by atoms with Gasteiger partial charge in [0, 0.05) is 25.2 Å². The van der Waals surface area contributed by atoms with Crippen LogP contribution in [0.3, 0.4) is 0 Å². The highest BCUT2D eigenvalue weighted by molar-refractivity contribution is 5.85. The quantitative estimate of drug-likeness (QED) is 0.107. The first-order chi connectivity index (χ1) is 30.5. The van der Waals surface area contributed by atoms with Crippen molar-refractivity contribution >= 4 is 11.8 Å². The van der Waals surface area contributed by atoms with Crippen molar-refractivity contribution in [2.45, 2.75) is 101 Å². The maximum absolute atomic E-state index is 14.4. The maximum atomic E-state index is 14.4. The summed E-state index contributed by atoms with van der Waals surface area (Å²) in [7, 11) is 0. The normalized spacial score (nSPS) is 20.0. The summed E-state index contributed by atoms with van der Waals surface area (Å²) in [6.45, 7) is 7.53. The third kappa shape index (κ3) is 8.02. The maximum Gasteiger partial charge on any atom is 0.245 e. The summed E-state index contributed by atoms with van der Waals surface area (Å²) in [6, 6.07) is 38.1. The second kappa shape index (κ2) is 17.5. The molecule has 4 aromatic carbocycles. The molecule has 10 heteroatoms. The van der Waals surface area contributed by atoms with E-state index in [1.165, 1.54) is 0 Å². The summed E-state index contributed by atoms with van der Waals surface area (Å²) in [5.74, 6) is 2.07. The highest BCUT2D eigenvalue weighted by Crippen LogP contribution is 2.41. The van der Waals surface area contributed by atoms with E-state index in [0.29, 0.717) is 12.1 Å². The summed E-state index contributed by atoms with van der Waals surface area (Å²) in [4.78, 5) is 54.7. The summed E-state index contributed by atoms with van der Waals surface area (Å²) in [6.07, 6.45) is 12.2. The number of likely N-dealkylation sites (tertiary alicyclic amines) is 2. The van der Waals surface area contributed by atoms with Crippen LogP contribution in [0.5, 0.6) is 0 Å². The summed E-state index contributed by atoms with van der Waals surface area (Å²) < 4.78 is 0. The van der Waals surface area contributed by atoms with E-state index >= 15 is 0 Å². The molecule has 4 fully saturated rings. The van der Waals surface area contributed by atoms with Gasteiger partial charge in [0.25, 0.3) is 0 Å². The molecule has 2 amide bonds. The monoisotopic (exact) mass is 826 g/mol. The molecule has 0 spiro atoms. The molecule has 2 N–H and O–H groups in total. The Kier molecular flexibility index (Phi) is 11.4. The molecular formula is C52H58N8O2. The average Bonchev–Trinajstić information content (AvgIpc) is 4.03. The summed E-state index contributed by atoms with van der Waals surface area (Å²) in [5.41, 5.74) is 8.42. The van der Waals surface area contributed by atoms with Crippen molar-refractivity contribution < 1.29 is 9.59 Å². The standard InChI is InChI=1S/C52H58N8O2/c1-3-57(41-27-28-41)47(39-13-7-5-8-14-39)51(61)59-31-11-17-45(59)49-53-33-43(55-49)37-23-19-35(20-24-37)36-21-25-38(26-22-36)44-34-54-50(56-44)46-18-12-32-60(46)52(62)48(40-15-9-6-10-16-40)58(4-2)42-29-30-42/h5-10,13-16,19-26,33-34,41-42,45-48H,3-4,11-12,17-18,27-32H2,1-2H3,(H,53,55)(H,54,56)/t45?,46?,47-,48-/m1/s1. The molecule has 62 heavy (non-hydrogen) atoms. The van der Waals surface area contributed by atoms with Crippen molar-refractivity contribution in [3.63, 3.8) is 0 Å². The van der Waals surface area contributed by atoms with Crippen LogP contribution in [0, 0.1) is 0 Å². The van der Waals surface area contributed by atoms with Gasteiger partial charge in [-0.05, 0) is 97.8 Å². The number of imidazole rings is 2. The van der Waals surface area contributed by atoms with Gasteiger partial charge in [0.15, 0.2) is 0 Å². The minimum absolute atomic E-state index is 0.0700. The first-order valence-electron chi connectivity index (χ1n) is 23.0. The molecule has 2 saturated carbocycles. The van der Waals surface area contributed by atoms with E-state index in [-0.39, 0.29) is 36.0 Å². The predicted molar refractivity (Wildman–Crippen MR) is 244 cm³/mol. The van der Waals surface area contributed by atoms with Gasteiger partial charge in [0.05, 0.1) is 35.9 Å². The first-order valence-corrected chi connectivity index (χ1v) is 23.0. The number of nitrogens with zero attached hydrogens (tertiary/aromatic N) is 6. The van der Waals surface area contributed by atoms with E-state index in [4.69, 9.17) is 9.97 Å². The number of rotatable bonds is 15. The minimum atomic E-state index is -0.274. The van der Waals surface area contributed by atoms with E-state index in [1.54, 1.807) is 0 Å². The lowest BCUT2D eigenvalue weighted by atomic mass is 10.0. The second-order valence-electron chi connectivity index (χ2n) is 17.6. The molecule has 0 bridgehead atoms. The molecule has 2 aliphatic heterocycles. The fraction of sp³-hybridized carbons (Fsp3) is 0.385. The molecule has 2 saturated heterocycles. The molecular weight excluding hydrogens is 769 g/mol. The number of benzene rings is 4. The lowest BCUT2D eigenvalue weighted by Crippen LogP contribution is -2.44. The number of likely N-dealkylation sites (N-methyl/N-ethyl adjacent to an activating group) is 2. The van der Waals surface area contributed by atoms with E-state index < -0.39 is 0 Å². The fourth-order valence-electron chi connectivity index (χ4n) is 10.3. The van der Waals surface area contributed by atoms with Crippen molar-refractivity contribution in [2.75, 3.05) is 26.2 Å². The van der Waals surface area contributed by atoms with E-state index in [9.17, 15) is 9.59 Å². The van der Waals surface area contributed by atoms with Crippen LogP contribution < -0.4 is 0 Å². The van der Waals surface area contributed by atoms with Gasteiger partial charge in [-0.1, -0.05) is 123 Å². The Morgan fingerprint density at radius 1 is 0.548 bits per heavy atom. The molecule has 10 rings (SSSR count). The van der Waals surface area contributed by atoms with Gasteiger partial charge in [-0.25, -0.2) is 9.97 Å². The zero-order chi connectivity index (χ0) is 42.2. The van der Waals surface area contributed by atoms with Gasteiger partial charge < -0.3 is 19.8 Å². The number of amides is 2. The molecule has 10 nitrogen and oxygen atoms in total. The first kappa shape index (κ1) is 40.2. The number of hydrogen-bond acceptors (Lipinski definition) is 6. The highest BCUT2D eigenvalue weighted by Gasteiger charge is 2.44. The van der Waals surface area contributed by atoms with Crippen LogP contribution in [0.1, 0.15) is 112 Å². The van der Waals surface area contributed by atoms with Crippen molar-refractivity contribution in [2.24, 2.45) is 0 Å². The van der Waals surface area contributed by atoms with Crippen molar-refractivity contribution in [1.82, 2.24) is 39.5 Å². The molecule has 2 aromatic heterocycles.